The number of fused-ring (bicyclic) bond motifs is 3. The van der Waals surface area contributed by atoms with E-state index in [9.17, 15) is 4.79 Å². The zero-order valence-electron chi connectivity index (χ0n) is 7.93. The van der Waals surface area contributed by atoms with E-state index >= 15 is 0 Å². The van der Waals surface area contributed by atoms with Crippen molar-refractivity contribution in [2.24, 2.45) is 0 Å². The summed E-state index contributed by atoms with van der Waals surface area (Å²) in [7, 11) is 0. The Morgan fingerprint density at radius 1 is 1.33 bits per heavy atom. The first-order valence-corrected chi connectivity index (χ1v) is 5.64. The van der Waals surface area contributed by atoms with Gasteiger partial charge in [0.25, 0.3) is 5.91 Å². The maximum atomic E-state index is 11.8. The molecular weight excluding hydrogens is 256 g/mol. The molecule has 0 fully saturated rings. The average molecular weight is 265 g/mol. The Hall–Kier alpha value is -1.29. The van der Waals surface area contributed by atoms with Gasteiger partial charge in [-0.2, -0.15) is 0 Å². The van der Waals surface area contributed by atoms with Crippen LogP contribution < -0.4 is 5.32 Å². The molecule has 0 aliphatic carbocycles. The van der Waals surface area contributed by atoms with Crippen LogP contribution in [0.4, 0.5) is 0 Å². The summed E-state index contributed by atoms with van der Waals surface area (Å²) in [5.74, 6) is 0.0226. The van der Waals surface area contributed by atoms with Gasteiger partial charge in [0, 0.05) is 34.0 Å². The van der Waals surface area contributed by atoms with Crippen LogP contribution in [-0.4, -0.2) is 17.4 Å². The smallest absolute Gasteiger partial charge is 0.253 e. The monoisotopic (exact) mass is 264 g/mol. The van der Waals surface area contributed by atoms with E-state index in [1.165, 1.54) is 0 Å². The Bertz CT molecular complexity index is 559. The molecule has 0 radical (unpaired) electrons. The number of carbonyl (C=O) groups excluding carboxylic acids is 1. The number of rotatable bonds is 0. The standard InChI is InChI=1S/C11H9BrN2O/c12-6-2-1-3-7-9(6)10-8(14-7)4-5-13-11(10)15/h1-3,14H,4-5H2,(H,13,15). The van der Waals surface area contributed by atoms with Crippen molar-refractivity contribution in [3.05, 3.63) is 33.9 Å². The molecule has 1 aromatic carbocycles. The zero-order chi connectivity index (χ0) is 10.4. The van der Waals surface area contributed by atoms with Crippen LogP contribution >= 0.6 is 15.9 Å². The quantitative estimate of drug-likeness (QED) is 0.753. The van der Waals surface area contributed by atoms with E-state index in [0.717, 1.165) is 39.6 Å². The number of benzene rings is 1. The van der Waals surface area contributed by atoms with Crippen molar-refractivity contribution >= 4 is 32.7 Å². The molecule has 4 heteroatoms. The minimum atomic E-state index is 0.0226. The number of H-pyrrole nitrogens is 1. The number of aromatic nitrogens is 1. The summed E-state index contributed by atoms with van der Waals surface area (Å²) < 4.78 is 0.967. The van der Waals surface area contributed by atoms with Crippen LogP contribution in [0.3, 0.4) is 0 Å². The third kappa shape index (κ3) is 1.21. The number of nitrogens with one attached hydrogen (secondary N) is 2. The van der Waals surface area contributed by atoms with Crippen LogP contribution in [-0.2, 0) is 6.42 Å². The van der Waals surface area contributed by atoms with Gasteiger partial charge in [-0.15, -0.1) is 0 Å². The number of halogens is 1. The maximum Gasteiger partial charge on any atom is 0.253 e. The van der Waals surface area contributed by atoms with Crippen LogP contribution in [0.5, 0.6) is 0 Å². The van der Waals surface area contributed by atoms with Crippen molar-refractivity contribution < 1.29 is 4.79 Å². The summed E-state index contributed by atoms with van der Waals surface area (Å²) >= 11 is 3.48. The van der Waals surface area contributed by atoms with Gasteiger partial charge < -0.3 is 10.3 Å². The number of hydrogen-bond acceptors (Lipinski definition) is 1. The predicted molar refractivity (Wildman–Crippen MR) is 62.0 cm³/mol. The molecule has 0 spiro atoms. The largest absolute Gasteiger partial charge is 0.358 e. The Morgan fingerprint density at radius 3 is 3.07 bits per heavy atom. The molecule has 3 nitrogen and oxygen atoms in total. The molecular formula is C11H9BrN2O. The van der Waals surface area contributed by atoms with E-state index in [2.05, 4.69) is 26.2 Å². The highest BCUT2D eigenvalue weighted by molar-refractivity contribution is 9.10. The van der Waals surface area contributed by atoms with Gasteiger partial charge in [0.1, 0.15) is 0 Å². The molecule has 15 heavy (non-hydrogen) atoms. The van der Waals surface area contributed by atoms with E-state index in [0.29, 0.717) is 0 Å². The van der Waals surface area contributed by atoms with Crippen molar-refractivity contribution in [1.82, 2.24) is 10.3 Å². The highest BCUT2D eigenvalue weighted by atomic mass is 79.9. The van der Waals surface area contributed by atoms with Crippen molar-refractivity contribution in [2.75, 3.05) is 6.54 Å². The Balaban J connectivity index is 2.44. The van der Waals surface area contributed by atoms with Crippen molar-refractivity contribution in [3.63, 3.8) is 0 Å². The third-order valence-electron chi connectivity index (χ3n) is 2.74. The van der Waals surface area contributed by atoms with Crippen LogP contribution in [0.15, 0.2) is 22.7 Å². The number of carbonyl (C=O) groups is 1. The number of aromatic amines is 1. The lowest BCUT2D eigenvalue weighted by molar-refractivity contribution is 0.0947. The Kier molecular flexibility index (Phi) is 1.85. The first kappa shape index (κ1) is 8.97. The van der Waals surface area contributed by atoms with Gasteiger partial charge >= 0.3 is 0 Å². The summed E-state index contributed by atoms with van der Waals surface area (Å²) in [4.78, 5) is 15.1. The maximum absolute atomic E-state index is 11.8. The van der Waals surface area contributed by atoms with E-state index in [1.54, 1.807) is 0 Å². The number of hydrogen-bond donors (Lipinski definition) is 2. The van der Waals surface area contributed by atoms with Crippen LogP contribution in [0.1, 0.15) is 16.1 Å². The van der Waals surface area contributed by atoms with Crippen LogP contribution in [0, 0.1) is 0 Å². The molecule has 2 aromatic rings. The minimum Gasteiger partial charge on any atom is -0.358 e. The molecule has 0 saturated carbocycles. The lowest BCUT2D eigenvalue weighted by atomic mass is 10.1. The van der Waals surface area contributed by atoms with Gasteiger partial charge in [0.2, 0.25) is 0 Å². The molecule has 3 rings (SSSR count). The summed E-state index contributed by atoms with van der Waals surface area (Å²) in [6.45, 7) is 0.719. The van der Waals surface area contributed by atoms with Crippen molar-refractivity contribution in [1.29, 1.82) is 0 Å². The molecule has 2 N–H and O–H groups in total. The molecule has 1 amide bonds. The van der Waals surface area contributed by atoms with Gasteiger partial charge in [0.15, 0.2) is 0 Å². The fourth-order valence-corrected chi connectivity index (χ4v) is 2.65. The zero-order valence-corrected chi connectivity index (χ0v) is 9.52. The van der Waals surface area contributed by atoms with Crippen LogP contribution in [0.25, 0.3) is 10.9 Å². The molecule has 2 heterocycles. The van der Waals surface area contributed by atoms with Crippen molar-refractivity contribution in [3.8, 4) is 0 Å². The molecule has 76 valence electrons. The fraction of sp³-hybridized carbons (Fsp3) is 0.182. The van der Waals surface area contributed by atoms with E-state index in [-0.39, 0.29) is 5.91 Å². The Labute approximate surface area is 95.0 Å². The summed E-state index contributed by atoms with van der Waals surface area (Å²) in [5.41, 5.74) is 2.86. The molecule has 1 aromatic heterocycles. The number of amides is 1. The summed E-state index contributed by atoms with van der Waals surface area (Å²) in [6, 6.07) is 5.91. The molecule has 0 atom stereocenters. The summed E-state index contributed by atoms with van der Waals surface area (Å²) in [6.07, 6.45) is 0.877. The first-order valence-electron chi connectivity index (χ1n) is 4.84. The lowest BCUT2D eigenvalue weighted by Gasteiger charge is -2.12. The van der Waals surface area contributed by atoms with Crippen molar-refractivity contribution in [2.45, 2.75) is 6.42 Å². The molecule has 0 saturated heterocycles. The topological polar surface area (TPSA) is 44.9 Å². The van der Waals surface area contributed by atoms with E-state index < -0.39 is 0 Å². The van der Waals surface area contributed by atoms with Gasteiger partial charge in [-0.1, -0.05) is 22.0 Å². The second-order valence-electron chi connectivity index (χ2n) is 3.65. The second-order valence-corrected chi connectivity index (χ2v) is 4.50. The molecule has 0 unspecified atom stereocenters. The van der Waals surface area contributed by atoms with E-state index in [4.69, 9.17) is 0 Å². The highest BCUT2D eigenvalue weighted by Gasteiger charge is 2.22. The van der Waals surface area contributed by atoms with Gasteiger partial charge in [-0.05, 0) is 12.1 Å². The second kappa shape index (κ2) is 3.10. The molecule has 0 bridgehead atoms. The SMILES string of the molecule is O=C1NCCc2[nH]c3cccc(Br)c3c21. The lowest BCUT2D eigenvalue weighted by Crippen LogP contribution is -2.31. The van der Waals surface area contributed by atoms with E-state index in [1.807, 2.05) is 18.2 Å². The van der Waals surface area contributed by atoms with Gasteiger partial charge in [-0.3, -0.25) is 4.79 Å². The molecule has 1 aliphatic rings. The first-order chi connectivity index (χ1) is 7.27. The molecule has 1 aliphatic heterocycles. The highest BCUT2D eigenvalue weighted by Crippen LogP contribution is 2.30. The minimum absolute atomic E-state index is 0.0226. The third-order valence-corrected chi connectivity index (χ3v) is 3.40. The fourth-order valence-electron chi connectivity index (χ4n) is 2.09. The Morgan fingerprint density at radius 2 is 2.20 bits per heavy atom. The average Bonchev–Trinajstić information content (AvgIpc) is 2.58. The summed E-state index contributed by atoms with van der Waals surface area (Å²) in [5, 5.41) is 3.85. The normalized spacial score (nSPS) is 15.1. The van der Waals surface area contributed by atoms with Crippen LogP contribution in [0.2, 0.25) is 0 Å². The predicted octanol–water partition coefficient (Wildman–Crippen LogP) is 2.22. The van der Waals surface area contributed by atoms with Gasteiger partial charge in [-0.25, -0.2) is 0 Å². The van der Waals surface area contributed by atoms with Gasteiger partial charge in [0.05, 0.1) is 5.56 Å².